The van der Waals surface area contributed by atoms with Gasteiger partial charge in [-0.3, -0.25) is 25.0 Å². The molecule has 2 aromatic rings. The van der Waals surface area contributed by atoms with E-state index < -0.39 is 15.8 Å². The first-order valence-corrected chi connectivity index (χ1v) is 9.36. The molecule has 0 unspecified atom stereocenters. The Kier molecular flexibility index (Phi) is 5.76. The van der Waals surface area contributed by atoms with Gasteiger partial charge in [0.05, 0.1) is 21.1 Å². The first kappa shape index (κ1) is 20.2. The van der Waals surface area contributed by atoms with E-state index in [0.29, 0.717) is 22.9 Å². The van der Waals surface area contributed by atoms with Gasteiger partial charge in [-0.15, -0.1) is 0 Å². The summed E-state index contributed by atoms with van der Waals surface area (Å²) in [7, 11) is 0. The summed E-state index contributed by atoms with van der Waals surface area (Å²) in [5.74, 6) is 0.0315. The second-order valence-electron chi connectivity index (χ2n) is 7.29. The average molecular weight is 398 g/mol. The number of carbonyl (C=O) groups excluding carboxylic acids is 1. The molecule has 1 amide bonds. The van der Waals surface area contributed by atoms with Crippen molar-refractivity contribution in [2.45, 2.75) is 26.7 Å². The summed E-state index contributed by atoms with van der Waals surface area (Å²) in [4.78, 5) is 36.3. The zero-order chi connectivity index (χ0) is 21.1. The minimum atomic E-state index is -0.560. The van der Waals surface area contributed by atoms with Crippen LogP contribution in [0, 0.1) is 33.1 Å². The molecule has 0 saturated carbocycles. The van der Waals surface area contributed by atoms with Crippen LogP contribution in [0.3, 0.4) is 0 Å². The quantitative estimate of drug-likeness (QED) is 0.592. The van der Waals surface area contributed by atoms with Crippen molar-refractivity contribution < 1.29 is 14.6 Å². The van der Waals surface area contributed by atoms with E-state index in [2.05, 4.69) is 12.2 Å². The molecular weight excluding hydrogens is 376 g/mol. The van der Waals surface area contributed by atoms with Gasteiger partial charge >= 0.3 is 0 Å². The third kappa shape index (κ3) is 4.34. The standard InChI is InChI=1S/C20H22N4O5/c1-13-8-10-22(11-9-13)18-7-6-15(12-19(18)24(28)29)20(25)21-16-4-3-5-17(14(16)2)23(26)27/h3-7,12-13H,8-11H2,1-2H3,(H,21,25). The highest BCUT2D eigenvalue weighted by atomic mass is 16.6. The van der Waals surface area contributed by atoms with E-state index in [9.17, 15) is 25.0 Å². The number of piperidine rings is 1. The van der Waals surface area contributed by atoms with Crippen LogP contribution in [-0.4, -0.2) is 28.8 Å². The largest absolute Gasteiger partial charge is 0.366 e. The van der Waals surface area contributed by atoms with Gasteiger partial charge in [-0.2, -0.15) is 0 Å². The number of rotatable bonds is 5. The van der Waals surface area contributed by atoms with Crippen LogP contribution in [0.4, 0.5) is 22.7 Å². The van der Waals surface area contributed by atoms with Crippen LogP contribution in [0.1, 0.15) is 35.7 Å². The molecule has 0 radical (unpaired) electrons. The number of carbonyl (C=O) groups is 1. The summed E-state index contributed by atoms with van der Waals surface area (Å²) in [5.41, 5.74) is 1.01. The molecule has 0 aliphatic carbocycles. The lowest BCUT2D eigenvalue weighted by Gasteiger charge is -2.31. The highest BCUT2D eigenvalue weighted by Gasteiger charge is 2.25. The molecule has 0 spiro atoms. The maximum absolute atomic E-state index is 12.6. The topological polar surface area (TPSA) is 119 Å². The number of nitrogens with one attached hydrogen (secondary N) is 1. The van der Waals surface area contributed by atoms with Crippen molar-refractivity contribution in [1.29, 1.82) is 0 Å². The highest BCUT2D eigenvalue weighted by molar-refractivity contribution is 6.05. The van der Waals surface area contributed by atoms with Crippen LogP contribution in [0.5, 0.6) is 0 Å². The van der Waals surface area contributed by atoms with Crippen LogP contribution in [-0.2, 0) is 0 Å². The second kappa shape index (κ2) is 8.26. The fraction of sp³-hybridized carbons (Fsp3) is 0.350. The lowest BCUT2D eigenvalue weighted by molar-refractivity contribution is -0.385. The Morgan fingerprint density at radius 1 is 1.07 bits per heavy atom. The van der Waals surface area contributed by atoms with E-state index >= 15 is 0 Å². The van der Waals surface area contributed by atoms with Gasteiger partial charge in [-0.1, -0.05) is 13.0 Å². The zero-order valence-electron chi connectivity index (χ0n) is 16.3. The van der Waals surface area contributed by atoms with Gasteiger partial charge in [0.1, 0.15) is 5.69 Å². The Balaban J connectivity index is 1.87. The number of nitro benzene ring substituents is 2. The Bertz CT molecular complexity index is 967. The molecule has 0 bridgehead atoms. The van der Waals surface area contributed by atoms with Crippen LogP contribution >= 0.6 is 0 Å². The average Bonchev–Trinajstić information content (AvgIpc) is 2.69. The monoisotopic (exact) mass is 398 g/mol. The number of amides is 1. The smallest absolute Gasteiger partial charge is 0.293 e. The molecular formula is C20H22N4O5. The third-order valence-electron chi connectivity index (χ3n) is 5.31. The second-order valence-corrected chi connectivity index (χ2v) is 7.29. The van der Waals surface area contributed by atoms with Crippen molar-refractivity contribution in [3.05, 3.63) is 67.8 Å². The van der Waals surface area contributed by atoms with Crippen molar-refractivity contribution in [2.24, 2.45) is 5.92 Å². The van der Waals surface area contributed by atoms with Gasteiger partial charge in [0.25, 0.3) is 17.3 Å². The Hall–Kier alpha value is -3.49. The number of anilines is 2. The van der Waals surface area contributed by atoms with E-state index in [1.54, 1.807) is 18.2 Å². The fourth-order valence-electron chi connectivity index (χ4n) is 3.48. The number of hydrogen-bond donors (Lipinski definition) is 1. The maximum atomic E-state index is 12.6. The fourth-order valence-corrected chi connectivity index (χ4v) is 3.48. The Morgan fingerprint density at radius 3 is 2.34 bits per heavy atom. The molecule has 152 valence electrons. The minimum absolute atomic E-state index is 0.108. The Labute approximate surface area is 167 Å². The molecule has 3 rings (SSSR count). The van der Waals surface area contributed by atoms with Crippen LogP contribution in [0.15, 0.2) is 36.4 Å². The molecule has 1 aliphatic heterocycles. The summed E-state index contributed by atoms with van der Waals surface area (Å²) in [6, 6.07) is 8.78. The predicted molar refractivity (Wildman–Crippen MR) is 109 cm³/mol. The molecule has 1 fully saturated rings. The van der Waals surface area contributed by atoms with Crippen LogP contribution in [0.2, 0.25) is 0 Å². The molecule has 29 heavy (non-hydrogen) atoms. The summed E-state index contributed by atoms with van der Waals surface area (Å²) in [6.45, 7) is 5.17. The molecule has 1 saturated heterocycles. The molecule has 1 heterocycles. The molecule has 1 N–H and O–H groups in total. The number of hydrogen-bond acceptors (Lipinski definition) is 6. The summed E-state index contributed by atoms with van der Waals surface area (Å²) < 4.78 is 0. The lowest BCUT2D eigenvalue weighted by Crippen LogP contribution is -2.33. The van der Waals surface area contributed by atoms with E-state index in [1.807, 2.05) is 4.90 Å². The van der Waals surface area contributed by atoms with Crippen molar-refractivity contribution >= 4 is 28.7 Å². The zero-order valence-corrected chi connectivity index (χ0v) is 16.3. The van der Waals surface area contributed by atoms with Gasteiger partial charge in [-0.25, -0.2) is 0 Å². The third-order valence-corrected chi connectivity index (χ3v) is 5.31. The molecule has 0 aromatic heterocycles. The first-order chi connectivity index (χ1) is 13.8. The molecule has 2 aromatic carbocycles. The van der Waals surface area contributed by atoms with Gasteiger partial charge in [-0.05, 0) is 43.9 Å². The molecule has 0 atom stereocenters. The molecule has 1 aliphatic rings. The Morgan fingerprint density at radius 2 is 1.72 bits per heavy atom. The van der Waals surface area contributed by atoms with Crippen molar-refractivity contribution in [3.8, 4) is 0 Å². The number of benzene rings is 2. The SMILES string of the molecule is Cc1c(NC(=O)c2ccc(N3CCC(C)CC3)c([N+](=O)[O-])c2)cccc1[N+](=O)[O-]. The van der Waals surface area contributed by atoms with Gasteiger partial charge in [0, 0.05) is 30.8 Å². The van der Waals surface area contributed by atoms with E-state index in [4.69, 9.17) is 0 Å². The van der Waals surface area contributed by atoms with E-state index in [0.717, 1.165) is 25.9 Å². The van der Waals surface area contributed by atoms with Gasteiger partial charge in [0.15, 0.2) is 0 Å². The van der Waals surface area contributed by atoms with E-state index in [-0.39, 0.29) is 16.9 Å². The van der Waals surface area contributed by atoms with Crippen LogP contribution < -0.4 is 10.2 Å². The normalized spacial score (nSPS) is 14.5. The summed E-state index contributed by atoms with van der Waals surface area (Å²) >= 11 is 0. The van der Waals surface area contributed by atoms with Crippen molar-refractivity contribution in [2.75, 3.05) is 23.3 Å². The van der Waals surface area contributed by atoms with Crippen molar-refractivity contribution in [1.82, 2.24) is 0 Å². The first-order valence-electron chi connectivity index (χ1n) is 9.36. The summed E-state index contributed by atoms with van der Waals surface area (Å²) in [5, 5.41) is 25.3. The minimum Gasteiger partial charge on any atom is -0.366 e. The van der Waals surface area contributed by atoms with Gasteiger partial charge in [0.2, 0.25) is 0 Å². The number of nitrogens with zero attached hydrogens (tertiary/aromatic N) is 3. The highest BCUT2D eigenvalue weighted by Crippen LogP contribution is 2.33. The van der Waals surface area contributed by atoms with Crippen LogP contribution in [0.25, 0.3) is 0 Å². The maximum Gasteiger partial charge on any atom is 0.293 e. The molecule has 9 heteroatoms. The summed E-state index contributed by atoms with van der Waals surface area (Å²) in [6.07, 6.45) is 1.93. The number of nitro groups is 2. The van der Waals surface area contributed by atoms with Gasteiger partial charge < -0.3 is 10.2 Å². The molecule has 9 nitrogen and oxygen atoms in total. The van der Waals surface area contributed by atoms with Crippen molar-refractivity contribution in [3.63, 3.8) is 0 Å². The van der Waals surface area contributed by atoms with E-state index in [1.165, 1.54) is 25.1 Å². The predicted octanol–water partition coefficient (Wildman–Crippen LogP) is 4.30. The lowest BCUT2D eigenvalue weighted by atomic mass is 9.98.